The second kappa shape index (κ2) is 6.19. The Morgan fingerprint density at radius 1 is 1.24 bits per heavy atom. The molecule has 1 heterocycles. The van der Waals surface area contributed by atoms with Crippen molar-refractivity contribution in [1.29, 1.82) is 0 Å². The van der Waals surface area contributed by atoms with Crippen molar-refractivity contribution < 1.29 is 0 Å². The number of hydrogen-bond donors (Lipinski definition) is 1. The van der Waals surface area contributed by atoms with Gasteiger partial charge in [0.2, 0.25) is 0 Å². The van der Waals surface area contributed by atoms with Crippen LogP contribution < -0.4 is 5.32 Å². The minimum Gasteiger partial charge on any atom is -0.310 e. The van der Waals surface area contributed by atoms with Gasteiger partial charge in [0.15, 0.2) is 0 Å². The Labute approximate surface area is 107 Å². The summed E-state index contributed by atoms with van der Waals surface area (Å²) in [5.74, 6) is 1.04. The molecule has 2 nitrogen and oxygen atoms in total. The molecule has 1 saturated carbocycles. The fourth-order valence-electron chi connectivity index (χ4n) is 3.41. The molecule has 100 valence electrons. The standard InChI is InChI=1S/C15H30N2/c1-3-15(2)13-17(11-6-10-16-15)12-9-14-7-4-5-8-14/h14,16H,3-13H2,1-2H3. The number of nitrogens with zero attached hydrogens (tertiary/aromatic N) is 1. The van der Waals surface area contributed by atoms with Crippen LogP contribution in [0.15, 0.2) is 0 Å². The first-order chi connectivity index (χ1) is 8.22. The van der Waals surface area contributed by atoms with Gasteiger partial charge < -0.3 is 10.2 Å². The van der Waals surface area contributed by atoms with E-state index < -0.39 is 0 Å². The summed E-state index contributed by atoms with van der Waals surface area (Å²) in [7, 11) is 0. The Kier molecular flexibility index (Phi) is 4.87. The maximum Gasteiger partial charge on any atom is 0.0277 e. The fraction of sp³-hybridized carbons (Fsp3) is 1.00. The molecule has 0 aromatic rings. The SMILES string of the molecule is CCC1(C)CN(CCC2CCCC2)CCCN1. The molecule has 2 fully saturated rings. The average molecular weight is 238 g/mol. The zero-order valence-corrected chi connectivity index (χ0v) is 11.8. The lowest BCUT2D eigenvalue weighted by Gasteiger charge is -2.33. The second-order valence-electron chi connectivity index (χ2n) is 6.41. The zero-order chi connectivity index (χ0) is 12.1. The maximum absolute atomic E-state index is 3.72. The molecule has 0 bridgehead atoms. The van der Waals surface area contributed by atoms with Crippen molar-refractivity contribution in [3.63, 3.8) is 0 Å². The molecule has 2 heteroatoms. The minimum absolute atomic E-state index is 0.353. The molecule has 0 aromatic carbocycles. The number of rotatable bonds is 4. The average Bonchev–Trinajstić information content (AvgIpc) is 2.77. The van der Waals surface area contributed by atoms with E-state index in [1.165, 1.54) is 71.1 Å². The van der Waals surface area contributed by atoms with Crippen LogP contribution in [0, 0.1) is 5.92 Å². The maximum atomic E-state index is 3.72. The van der Waals surface area contributed by atoms with Gasteiger partial charge in [0.05, 0.1) is 0 Å². The van der Waals surface area contributed by atoms with E-state index in [9.17, 15) is 0 Å². The van der Waals surface area contributed by atoms with Gasteiger partial charge in [-0.05, 0) is 51.7 Å². The first kappa shape index (κ1) is 13.4. The summed E-state index contributed by atoms with van der Waals surface area (Å²) in [6.45, 7) is 9.78. The molecule has 1 aliphatic heterocycles. The van der Waals surface area contributed by atoms with Crippen molar-refractivity contribution in [2.45, 2.75) is 64.3 Å². The van der Waals surface area contributed by atoms with Crippen molar-refractivity contribution in [2.24, 2.45) is 5.92 Å². The largest absolute Gasteiger partial charge is 0.310 e. The molecule has 2 aliphatic rings. The first-order valence-corrected chi connectivity index (χ1v) is 7.69. The number of nitrogens with one attached hydrogen (secondary N) is 1. The van der Waals surface area contributed by atoms with Crippen LogP contribution in [0.25, 0.3) is 0 Å². The van der Waals surface area contributed by atoms with Crippen LogP contribution in [-0.2, 0) is 0 Å². The monoisotopic (exact) mass is 238 g/mol. The van der Waals surface area contributed by atoms with Crippen molar-refractivity contribution in [2.75, 3.05) is 26.2 Å². The van der Waals surface area contributed by atoms with E-state index in [0.29, 0.717) is 5.54 Å². The highest BCUT2D eigenvalue weighted by molar-refractivity contribution is 4.88. The Morgan fingerprint density at radius 2 is 2.00 bits per heavy atom. The van der Waals surface area contributed by atoms with Crippen molar-refractivity contribution in [1.82, 2.24) is 10.2 Å². The summed E-state index contributed by atoms with van der Waals surface area (Å²) in [6.07, 6.45) is 9.97. The quantitative estimate of drug-likeness (QED) is 0.810. The van der Waals surface area contributed by atoms with Gasteiger partial charge in [-0.1, -0.05) is 32.6 Å². The van der Waals surface area contributed by atoms with E-state index in [1.54, 1.807) is 0 Å². The smallest absolute Gasteiger partial charge is 0.0277 e. The predicted molar refractivity (Wildman–Crippen MR) is 74.3 cm³/mol. The molecule has 2 rings (SSSR count). The molecule has 1 unspecified atom stereocenters. The normalized spacial score (nSPS) is 32.8. The molecule has 1 N–H and O–H groups in total. The Morgan fingerprint density at radius 3 is 2.71 bits per heavy atom. The minimum atomic E-state index is 0.353. The number of hydrogen-bond acceptors (Lipinski definition) is 2. The van der Waals surface area contributed by atoms with Gasteiger partial charge in [0, 0.05) is 12.1 Å². The van der Waals surface area contributed by atoms with Crippen LogP contribution >= 0.6 is 0 Å². The van der Waals surface area contributed by atoms with Gasteiger partial charge in [0.25, 0.3) is 0 Å². The molecule has 17 heavy (non-hydrogen) atoms. The van der Waals surface area contributed by atoms with Crippen molar-refractivity contribution in [3.05, 3.63) is 0 Å². The van der Waals surface area contributed by atoms with Crippen LogP contribution in [-0.4, -0.2) is 36.6 Å². The Hall–Kier alpha value is -0.0800. The van der Waals surface area contributed by atoms with E-state index in [2.05, 4.69) is 24.1 Å². The Bertz CT molecular complexity index is 223. The van der Waals surface area contributed by atoms with Crippen LogP contribution in [0.1, 0.15) is 58.8 Å². The van der Waals surface area contributed by atoms with E-state index in [-0.39, 0.29) is 0 Å². The predicted octanol–water partition coefficient (Wildman–Crippen LogP) is 3.03. The van der Waals surface area contributed by atoms with E-state index in [0.717, 1.165) is 5.92 Å². The van der Waals surface area contributed by atoms with E-state index in [1.807, 2.05) is 0 Å². The summed E-state index contributed by atoms with van der Waals surface area (Å²) in [5.41, 5.74) is 0.353. The van der Waals surface area contributed by atoms with Crippen molar-refractivity contribution >= 4 is 0 Å². The molecular formula is C15H30N2. The molecular weight excluding hydrogens is 208 g/mol. The van der Waals surface area contributed by atoms with Crippen LogP contribution in [0.5, 0.6) is 0 Å². The van der Waals surface area contributed by atoms with Gasteiger partial charge in [0.1, 0.15) is 0 Å². The topological polar surface area (TPSA) is 15.3 Å². The lowest BCUT2D eigenvalue weighted by atomic mass is 9.98. The lowest BCUT2D eigenvalue weighted by molar-refractivity contribution is 0.203. The third kappa shape index (κ3) is 3.96. The third-order valence-electron chi connectivity index (χ3n) is 4.88. The lowest BCUT2D eigenvalue weighted by Crippen LogP contribution is -2.48. The highest BCUT2D eigenvalue weighted by Crippen LogP contribution is 2.28. The summed E-state index contributed by atoms with van der Waals surface area (Å²) < 4.78 is 0. The highest BCUT2D eigenvalue weighted by Gasteiger charge is 2.27. The van der Waals surface area contributed by atoms with Crippen LogP contribution in [0.2, 0.25) is 0 Å². The van der Waals surface area contributed by atoms with Crippen molar-refractivity contribution in [3.8, 4) is 0 Å². The molecule has 1 saturated heterocycles. The summed E-state index contributed by atoms with van der Waals surface area (Å²) in [5, 5.41) is 3.72. The molecule has 0 spiro atoms. The molecule has 1 aliphatic carbocycles. The van der Waals surface area contributed by atoms with Gasteiger partial charge >= 0.3 is 0 Å². The molecule has 0 radical (unpaired) electrons. The van der Waals surface area contributed by atoms with Gasteiger partial charge in [-0.25, -0.2) is 0 Å². The molecule has 1 atom stereocenters. The molecule has 0 amide bonds. The van der Waals surface area contributed by atoms with Gasteiger partial charge in [-0.2, -0.15) is 0 Å². The summed E-state index contributed by atoms with van der Waals surface area (Å²) in [4.78, 5) is 2.71. The molecule has 0 aromatic heterocycles. The second-order valence-corrected chi connectivity index (χ2v) is 6.41. The summed E-state index contributed by atoms with van der Waals surface area (Å²) in [6, 6.07) is 0. The van der Waals surface area contributed by atoms with Gasteiger partial charge in [-0.3, -0.25) is 0 Å². The Balaban J connectivity index is 1.78. The summed E-state index contributed by atoms with van der Waals surface area (Å²) >= 11 is 0. The third-order valence-corrected chi connectivity index (χ3v) is 4.88. The highest BCUT2D eigenvalue weighted by atomic mass is 15.2. The van der Waals surface area contributed by atoms with Gasteiger partial charge in [-0.15, -0.1) is 0 Å². The van der Waals surface area contributed by atoms with Crippen LogP contribution in [0.4, 0.5) is 0 Å². The van der Waals surface area contributed by atoms with E-state index in [4.69, 9.17) is 0 Å². The van der Waals surface area contributed by atoms with E-state index >= 15 is 0 Å². The van der Waals surface area contributed by atoms with Crippen LogP contribution in [0.3, 0.4) is 0 Å². The zero-order valence-electron chi connectivity index (χ0n) is 11.8. The first-order valence-electron chi connectivity index (χ1n) is 7.69. The fourth-order valence-corrected chi connectivity index (χ4v) is 3.41.